The molecule has 1 aromatic carbocycles. The number of likely N-dealkylation sites (N-methyl/N-ethyl adjacent to an activating group) is 1. The van der Waals surface area contributed by atoms with Crippen LogP contribution in [0.25, 0.3) is 0 Å². The Kier molecular flexibility index (Phi) is 9.21. The van der Waals surface area contributed by atoms with E-state index in [1.807, 2.05) is 19.2 Å². The summed E-state index contributed by atoms with van der Waals surface area (Å²) in [5.41, 5.74) is 2.40. The molecule has 0 aliphatic rings. The van der Waals surface area contributed by atoms with Crippen molar-refractivity contribution in [1.29, 1.82) is 0 Å². The second-order valence-corrected chi connectivity index (χ2v) is 4.35. The predicted molar refractivity (Wildman–Crippen MR) is 79.6 cm³/mol. The number of benzene rings is 1. The Labute approximate surface area is 121 Å². The van der Waals surface area contributed by atoms with Gasteiger partial charge >= 0.3 is 0 Å². The Balaban J connectivity index is 0.00000324. The van der Waals surface area contributed by atoms with Crippen LogP contribution in [0, 0.1) is 6.92 Å². The number of nitrogens with one attached hydrogen (secondary N) is 1. The zero-order valence-corrected chi connectivity index (χ0v) is 12.6. The molecule has 0 saturated heterocycles. The summed E-state index contributed by atoms with van der Waals surface area (Å²) >= 11 is 0. The lowest BCUT2D eigenvalue weighted by Gasteiger charge is -2.18. The molecule has 0 aromatic heterocycles. The molecule has 5 heteroatoms. The van der Waals surface area contributed by atoms with Gasteiger partial charge in [-0.2, -0.15) is 0 Å². The third-order valence-corrected chi connectivity index (χ3v) is 2.85. The summed E-state index contributed by atoms with van der Waals surface area (Å²) < 4.78 is 4.91. The predicted octanol–water partition coefficient (Wildman–Crippen LogP) is 1.61. The van der Waals surface area contributed by atoms with Gasteiger partial charge in [0.2, 0.25) is 5.91 Å². The fourth-order valence-electron chi connectivity index (χ4n) is 1.64. The molecule has 1 aromatic rings. The van der Waals surface area contributed by atoms with Crippen molar-refractivity contribution in [2.24, 2.45) is 0 Å². The van der Waals surface area contributed by atoms with Crippen molar-refractivity contribution in [3.63, 3.8) is 0 Å². The highest BCUT2D eigenvalue weighted by Gasteiger charge is 2.09. The summed E-state index contributed by atoms with van der Waals surface area (Å²) in [6, 6.07) is 8.12. The molecule has 1 N–H and O–H groups in total. The molecule has 0 atom stereocenters. The highest BCUT2D eigenvalue weighted by atomic mass is 35.5. The number of ether oxygens (including phenoxy) is 1. The summed E-state index contributed by atoms with van der Waals surface area (Å²) in [5, 5.41) is 3.05. The monoisotopic (exact) mass is 286 g/mol. The van der Waals surface area contributed by atoms with Gasteiger partial charge in [-0.05, 0) is 18.1 Å². The van der Waals surface area contributed by atoms with Crippen LogP contribution in [0.1, 0.15) is 11.1 Å². The second kappa shape index (κ2) is 9.78. The maximum atomic E-state index is 11.8. The first-order chi connectivity index (χ1) is 8.65. The zero-order chi connectivity index (χ0) is 13.4. The van der Waals surface area contributed by atoms with Crippen LogP contribution in [0.3, 0.4) is 0 Å². The number of aryl methyl sites for hydroxylation is 1. The molecule has 0 saturated carbocycles. The largest absolute Gasteiger partial charge is 0.383 e. The van der Waals surface area contributed by atoms with E-state index < -0.39 is 0 Å². The van der Waals surface area contributed by atoms with Crippen LogP contribution in [-0.4, -0.2) is 44.7 Å². The topological polar surface area (TPSA) is 41.6 Å². The molecule has 0 aliphatic carbocycles. The Bertz CT molecular complexity index is 385. The van der Waals surface area contributed by atoms with Gasteiger partial charge in [0.15, 0.2) is 0 Å². The average molecular weight is 287 g/mol. The molecule has 0 fully saturated rings. The van der Waals surface area contributed by atoms with Gasteiger partial charge < -0.3 is 15.0 Å². The van der Waals surface area contributed by atoms with Crippen molar-refractivity contribution in [2.75, 3.05) is 33.9 Å². The van der Waals surface area contributed by atoms with Gasteiger partial charge in [-0.3, -0.25) is 4.79 Å². The fraction of sp³-hybridized carbons (Fsp3) is 0.500. The van der Waals surface area contributed by atoms with Crippen LogP contribution in [0.2, 0.25) is 0 Å². The number of hydrogen-bond donors (Lipinski definition) is 1. The number of methoxy groups -OCH3 is 1. The normalized spacial score (nSPS) is 9.84. The Hall–Kier alpha value is -1.10. The molecule has 1 amide bonds. The van der Waals surface area contributed by atoms with Crippen LogP contribution in [0.4, 0.5) is 0 Å². The molecule has 0 spiro atoms. The maximum absolute atomic E-state index is 11.8. The molecule has 108 valence electrons. The Morgan fingerprint density at radius 2 is 2.05 bits per heavy atom. The van der Waals surface area contributed by atoms with Gasteiger partial charge in [-0.1, -0.05) is 24.3 Å². The van der Waals surface area contributed by atoms with E-state index in [1.165, 1.54) is 11.1 Å². The van der Waals surface area contributed by atoms with Crippen molar-refractivity contribution in [2.45, 2.75) is 13.5 Å². The van der Waals surface area contributed by atoms with Gasteiger partial charge in [0.25, 0.3) is 0 Å². The van der Waals surface area contributed by atoms with E-state index in [0.29, 0.717) is 26.2 Å². The van der Waals surface area contributed by atoms with Crippen LogP contribution in [-0.2, 0) is 16.1 Å². The Morgan fingerprint density at radius 1 is 1.37 bits per heavy atom. The first-order valence-corrected chi connectivity index (χ1v) is 6.13. The van der Waals surface area contributed by atoms with E-state index >= 15 is 0 Å². The maximum Gasteiger partial charge on any atom is 0.236 e. The summed E-state index contributed by atoms with van der Waals surface area (Å²) in [7, 11) is 3.47. The lowest BCUT2D eigenvalue weighted by atomic mass is 10.1. The first kappa shape index (κ1) is 17.9. The summed E-state index contributed by atoms with van der Waals surface area (Å²) in [4.78, 5) is 13.6. The van der Waals surface area contributed by atoms with E-state index in [9.17, 15) is 4.79 Å². The van der Waals surface area contributed by atoms with Crippen molar-refractivity contribution >= 4 is 18.3 Å². The Morgan fingerprint density at radius 3 is 2.68 bits per heavy atom. The quantitative estimate of drug-likeness (QED) is 0.775. The van der Waals surface area contributed by atoms with Crippen LogP contribution >= 0.6 is 12.4 Å². The van der Waals surface area contributed by atoms with Gasteiger partial charge in [-0.15, -0.1) is 12.4 Å². The van der Waals surface area contributed by atoms with E-state index in [-0.39, 0.29) is 18.3 Å². The number of carbonyl (C=O) groups is 1. The van der Waals surface area contributed by atoms with Crippen molar-refractivity contribution < 1.29 is 9.53 Å². The third-order valence-electron chi connectivity index (χ3n) is 2.85. The minimum atomic E-state index is 0. The smallest absolute Gasteiger partial charge is 0.236 e. The van der Waals surface area contributed by atoms with Crippen LogP contribution < -0.4 is 5.32 Å². The van der Waals surface area contributed by atoms with E-state index in [0.717, 1.165) is 0 Å². The lowest BCUT2D eigenvalue weighted by molar-refractivity contribution is -0.129. The van der Waals surface area contributed by atoms with Crippen LogP contribution in [0.5, 0.6) is 0 Å². The molecule has 0 aliphatic heterocycles. The van der Waals surface area contributed by atoms with Crippen molar-refractivity contribution in [1.82, 2.24) is 10.2 Å². The molecule has 0 heterocycles. The molecular weight excluding hydrogens is 264 g/mol. The van der Waals surface area contributed by atoms with E-state index in [1.54, 1.807) is 12.0 Å². The van der Waals surface area contributed by atoms with Gasteiger partial charge in [0, 0.05) is 27.2 Å². The summed E-state index contributed by atoms with van der Waals surface area (Å²) in [6.07, 6.45) is 0. The van der Waals surface area contributed by atoms with Gasteiger partial charge in [-0.25, -0.2) is 0 Å². The molecule has 0 bridgehead atoms. The number of nitrogens with zero attached hydrogens (tertiary/aromatic N) is 1. The fourth-order valence-corrected chi connectivity index (χ4v) is 1.64. The van der Waals surface area contributed by atoms with Crippen LogP contribution in [0.15, 0.2) is 24.3 Å². The van der Waals surface area contributed by atoms with Gasteiger partial charge in [0.05, 0.1) is 13.2 Å². The number of amides is 1. The standard InChI is InChI=1S/C14H22N2O2.ClH/c1-12-6-4-5-7-13(12)11-16(2)14(17)10-15-8-9-18-3;/h4-7,15H,8-11H2,1-3H3;1H. The van der Waals surface area contributed by atoms with E-state index in [4.69, 9.17) is 4.74 Å². The average Bonchev–Trinajstić information content (AvgIpc) is 2.37. The molecule has 0 radical (unpaired) electrons. The SMILES string of the molecule is COCCNCC(=O)N(C)Cc1ccccc1C.Cl. The molecule has 19 heavy (non-hydrogen) atoms. The first-order valence-electron chi connectivity index (χ1n) is 6.13. The minimum Gasteiger partial charge on any atom is -0.383 e. The van der Waals surface area contributed by atoms with Crippen molar-refractivity contribution in [3.8, 4) is 0 Å². The molecule has 4 nitrogen and oxygen atoms in total. The summed E-state index contributed by atoms with van der Waals surface area (Å²) in [6.45, 7) is 4.38. The minimum absolute atomic E-state index is 0. The van der Waals surface area contributed by atoms with E-state index in [2.05, 4.69) is 24.4 Å². The summed E-state index contributed by atoms with van der Waals surface area (Å²) in [5.74, 6) is 0.0920. The number of carbonyl (C=O) groups excluding carboxylic acids is 1. The van der Waals surface area contributed by atoms with Crippen molar-refractivity contribution in [3.05, 3.63) is 35.4 Å². The lowest BCUT2D eigenvalue weighted by Crippen LogP contribution is -2.36. The molecule has 0 unspecified atom stereocenters. The molecule has 1 rings (SSSR count). The zero-order valence-electron chi connectivity index (χ0n) is 11.8. The number of hydrogen-bond acceptors (Lipinski definition) is 3. The highest BCUT2D eigenvalue weighted by molar-refractivity contribution is 5.85. The third kappa shape index (κ3) is 6.57. The number of rotatable bonds is 7. The molecular formula is C14H23ClN2O2. The van der Waals surface area contributed by atoms with Gasteiger partial charge in [0.1, 0.15) is 0 Å². The second-order valence-electron chi connectivity index (χ2n) is 4.35. The number of halogens is 1. The highest BCUT2D eigenvalue weighted by Crippen LogP contribution is 2.09.